The number of likely N-dealkylation sites (tertiary alicyclic amines) is 1. The van der Waals surface area contributed by atoms with Crippen LogP contribution in [-0.2, 0) is 13.6 Å². The number of anilines is 1. The predicted octanol–water partition coefficient (Wildman–Crippen LogP) is 4.94. The number of halogens is 1. The Labute approximate surface area is 215 Å². The topological polar surface area (TPSA) is 91.3 Å². The summed E-state index contributed by atoms with van der Waals surface area (Å²) in [6.07, 6.45) is 10.3. The quantitative estimate of drug-likeness (QED) is 0.358. The van der Waals surface area contributed by atoms with E-state index in [1.807, 2.05) is 25.4 Å². The van der Waals surface area contributed by atoms with E-state index in [-0.39, 0.29) is 5.56 Å². The summed E-state index contributed by atoms with van der Waals surface area (Å²) in [5.41, 5.74) is 11.4. The molecule has 0 atom stereocenters. The van der Waals surface area contributed by atoms with Gasteiger partial charge in [-0.1, -0.05) is 6.42 Å². The molecule has 4 heterocycles. The number of nitrogens with two attached hydrogens (primary N) is 1. The van der Waals surface area contributed by atoms with Gasteiger partial charge >= 0.3 is 0 Å². The second kappa shape index (κ2) is 10.6. The van der Waals surface area contributed by atoms with Crippen molar-refractivity contribution in [2.75, 3.05) is 33.0 Å². The molecule has 3 aromatic heterocycles. The van der Waals surface area contributed by atoms with Crippen LogP contribution in [0.15, 0.2) is 49.1 Å². The molecule has 4 aromatic rings. The molecular formula is C28H31FN6O2. The number of aryl methyl sites for hydroxylation is 1. The van der Waals surface area contributed by atoms with Crippen LogP contribution in [0.4, 0.5) is 10.1 Å². The van der Waals surface area contributed by atoms with Crippen molar-refractivity contribution in [3.8, 4) is 45.0 Å². The van der Waals surface area contributed by atoms with Crippen LogP contribution in [0.5, 0.6) is 11.5 Å². The van der Waals surface area contributed by atoms with Crippen molar-refractivity contribution in [2.45, 2.75) is 25.8 Å². The average Bonchev–Trinajstić information content (AvgIpc) is 3.36. The highest BCUT2D eigenvalue weighted by molar-refractivity contribution is 5.82. The van der Waals surface area contributed by atoms with Crippen molar-refractivity contribution in [3.05, 3.63) is 60.6 Å². The number of hydrogen-bond acceptors (Lipinski definition) is 7. The van der Waals surface area contributed by atoms with Gasteiger partial charge in [-0.15, -0.1) is 0 Å². The maximum Gasteiger partial charge on any atom is 0.220 e. The molecule has 1 aromatic carbocycles. The number of aromatic nitrogens is 4. The lowest BCUT2D eigenvalue weighted by molar-refractivity contribution is 0.215. The molecule has 1 aliphatic rings. The molecule has 192 valence electrons. The molecule has 0 bridgehead atoms. The van der Waals surface area contributed by atoms with Crippen LogP contribution < -0.4 is 15.2 Å². The van der Waals surface area contributed by atoms with Crippen LogP contribution in [0.25, 0.3) is 33.5 Å². The fourth-order valence-corrected chi connectivity index (χ4v) is 4.85. The summed E-state index contributed by atoms with van der Waals surface area (Å²) in [6, 6.07) is 7.42. The second-order valence-electron chi connectivity index (χ2n) is 9.32. The summed E-state index contributed by atoms with van der Waals surface area (Å²) in [6.45, 7) is 2.88. The highest BCUT2D eigenvalue weighted by atomic mass is 19.1. The van der Waals surface area contributed by atoms with E-state index in [9.17, 15) is 0 Å². The molecule has 37 heavy (non-hydrogen) atoms. The standard InChI is InChI=1S/C28H31FN6O2/c1-34-16-20(14-33-34)25-12-21(24(30)15-31-25)22-9-19(13-32-28(22)29)18-10-26(36-2)23(27(11-18)37-3)17-35-7-5-4-6-8-35/h9-16H,4-8,17,30H2,1-3H3. The largest absolute Gasteiger partial charge is 0.496 e. The zero-order valence-electron chi connectivity index (χ0n) is 21.4. The van der Waals surface area contributed by atoms with Crippen LogP contribution in [0.2, 0.25) is 0 Å². The fourth-order valence-electron chi connectivity index (χ4n) is 4.85. The summed E-state index contributed by atoms with van der Waals surface area (Å²) < 4.78 is 28.3. The average molecular weight is 503 g/mol. The van der Waals surface area contributed by atoms with E-state index in [0.717, 1.165) is 53.4 Å². The van der Waals surface area contributed by atoms with Gasteiger partial charge in [0.25, 0.3) is 0 Å². The molecule has 0 aliphatic carbocycles. The Morgan fingerprint density at radius 2 is 1.59 bits per heavy atom. The van der Waals surface area contributed by atoms with Crippen molar-refractivity contribution in [1.82, 2.24) is 24.6 Å². The molecule has 1 aliphatic heterocycles. The molecule has 2 N–H and O–H groups in total. The van der Waals surface area contributed by atoms with Gasteiger partial charge in [0, 0.05) is 48.2 Å². The Morgan fingerprint density at radius 3 is 2.24 bits per heavy atom. The number of nitrogen functional groups attached to an aromatic ring is 1. The lowest BCUT2D eigenvalue weighted by Crippen LogP contribution is -2.29. The van der Waals surface area contributed by atoms with Gasteiger partial charge in [0.1, 0.15) is 11.5 Å². The Kier molecular flexibility index (Phi) is 7.05. The first-order valence-corrected chi connectivity index (χ1v) is 12.3. The second-order valence-corrected chi connectivity index (χ2v) is 9.32. The van der Waals surface area contributed by atoms with E-state index < -0.39 is 5.95 Å². The third kappa shape index (κ3) is 5.13. The van der Waals surface area contributed by atoms with Gasteiger partial charge in [-0.25, -0.2) is 4.98 Å². The number of benzene rings is 1. The highest BCUT2D eigenvalue weighted by Crippen LogP contribution is 2.38. The SMILES string of the molecule is COc1cc(-c2cnc(F)c(-c3cc(-c4cnn(C)c4)ncc3N)c2)cc(OC)c1CN1CCCCC1. The monoisotopic (exact) mass is 502 g/mol. The number of hydrogen-bond donors (Lipinski definition) is 1. The molecule has 0 spiro atoms. The summed E-state index contributed by atoms with van der Waals surface area (Å²) in [5, 5.41) is 4.20. The van der Waals surface area contributed by atoms with E-state index in [4.69, 9.17) is 15.2 Å². The van der Waals surface area contributed by atoms with Crippen LogP contribution in [-0.4, -0.2) is 52.0 Å². The normalized spacial score (nSPS) is 14.1. The minimum atomic E-state index is -0.612. The predicted molar refractivity (Wildman–Crippen MR) is 142 cm³/mol. The van der Waals surface area contributed by atoms with Crippen molar-refractivity contribution < 1.29 is 13.9 Å². The molecule has 8 nitrogen and oxygen atoms in total. The van der Waals surface area contributed by atoms with Crippen LogP contribution in [0.1, 0.15) is 24.8 Å². The summed E-state index contributed by atoms with van der Waals surface area (Å²) in [4.78, 5) is 10.9. The number of rotatable bonds is 7. The lowest BCUT2D eigenvalue weighted by atomic mass is 9.98. The molecule has 5 rings (SSSR count). The number of ether oxygens (including phenoxy) is 2. The number of pyridine rings is 2. The highest BCUT2D eigenvalue weighted by Gasteiger charge is 2.20. The first kappa shape index (κ1) is 24.7. The van der Waals surface area contributed by atoms with E-state index in [0.29, 0.717) is 16.9 Å². The van der Waals surface area contributed by atoms with Gasteiger partial charge in [-0.2, -0.15) is 9.49 Å². The van der Waals surface area contributed by atoms with Crippen molar-refractivity contribution in [3.63, 3.8) is 0 Å². The van der Waals surface area contributed by atoms with E-state index in [1.54, 1.807) is 37.2 Å². The maximum atomic E-state index is 15.0. The van der Waals surface area contributed by atoms with Gasteiger partial charge < -0.3 is 15.2 Å². The molecule has 9 heteroatoms. The number of piperidine rings is 1. The minimum Gasteiger partial charge on any atom is -0.496 e. The van der Waals surface area contributed by atoms with Gasteiger partial charge in [0.05, 0.1) is 43.6 Å². The zero-order chi connectivity index (χ0) is 25.9. The fraction of sp³-hybridized carbons (Fsp3) is 0.321. The van der Waals surface area contributed by atoms with Crippen LogP contribution in [0.3, 0.4) is 0 Å². The van der Waals surface area contributed by atoms with Crippen LogP contribution in [0, 0.1) is 5.95 Å². The van der Waals surface area contributed by atoms with E-state index in [2.05, 4.69) is 20.0 Å². The Hall–Kier alpha value is -3.98. The van der Waals surface area contributed by atoms with Gasteiger partial charge in [0.2, 0.25) is 5.95 Å². The molecule has 0 amide bonds. The molecule has 0 saturated carbocycles. The summed E-state index contributed by atoms with van der Waals surface area (Å²) in [5.74, 6) is 0.848. The number of methoxy groups -OCH3 is 2. The van der Waals surface area contributed by atoms with Gasteiger partial charge in [-0.3, -0.25) is 14.6 Å². The van der Waals surface area contributed by atoms with E-state index >= 15 is 4.39 Å². The zero-order valence-corrected chi connectivity index (χ0v) is 21.4. The minimum absolute atomic E-state index is 0.290. The number of nitrogens with zero attached hydrogens (tertiary/aromatic N) is 5. The van der Waals surface area contributed by atoms with Gasteiger partial charge in [-0.05, 0) is 55.8 Å². The Morgan fingerprint density at radius 1 is 0.865 bits per heavy atom. The van der Waals surface area contributed by atoms with Crippen molar-refractivity contribution in [1.29, 1.82) is 0 Å². The lowest BCUT2D eigenvalue weighted by Gasteiger charge is -2.28. The summed E-state index contributed by atoms with van der Waals surface area (Å²) >= 11 is 0. The van der Waals surface area contributed by atoms with Crippen molar-refractivity contribution >= 4 is 5.69 Å². The molecule has 0 unspecified atom stereocenters. The van der Waals surface area contributed by atoms with Crippen molar-refractivity contribution in [2.24, 2.45) is 7.05 Å². The smallest absolute Gasteiger partial charge is 0.220 e. The molecule has 1 fully saturated rings. The maximum absolute atomic E-state index is 15.0. The van der Waals surface area contributed by atoms with E-state index in [1.165, 1.54) is 31.7 Å². The van der Waals surface area contributed by atoms with Crippen LogP contribution >= 0.6 is 0 Å². The van der Waals surface area contributed by atoms with Gasteiger partial charge in [0.15, 0.2) is 0 Å². The third-order valence-corrected chi connectivity index (χ3v) is 6.84. The molecule has 1 saturated heterocycles. The Balaban J connectivity index is 1.54. The first-order chi connectivity index (χ1) is 18.0. The molecular weight excluding hydrogens is 471 g/mol. The first-order valence-electron chi connectivity index (χ1n) is 12.3. The Bertz CT molecular complexity index is 1390. The molecule has 0 radical (unpaired) electrons. The summed E-state index contributed by atoms with van der Waals surface area (Å²) in [7, 11) is 5.14. The third-order valence-electron chi connectivity index (χ3n) is 6.84.